The number of nitro groups is 1. The number of nitriles is 1. The van der Waals surface area contributed by atoms with Crippen molar-refractivity contribution in [1.29, 1.82) is 5.26 Å². The number of amides is 1. The summed E-state index contributed by atoms with van der Waals surface area (Å²) in [4.78, 5) is 23.2. The standard InChI is InChI=1S/C19H15N5O7S2/c1-3-33(28,29)19-23-22-18(32-19)21-17(25)11(10-20)8-13-5-7-16(31-13)14-6-4-12(30-2)9-15(14)24(26)27/h4-9H,3H2,1-2H3,(H,21,22,25)/b11-8-. The maximum Gasteiger partial charge on any atom is 0.284 e. The van der Waals surface area contributed by atoms with Crippen LogP contribution in [0.2, 0.25) is 0 Å². The van der Waals surface area contributed by atoms with Crippen LogP contribution in [-0.2, 0) is 14.6 Å². The minimum atomic E-state index is -3.58. The van der Waals surface area contributed by atoms with Gasteiger partial charge in [-0.3, -0.25) is 20.2 Å². The van der Waals surface area contributed by atoms with Crippen molar-refractivity contribution in [2.75, 3.05) is 18.2 Å². The molecule has 170 valence electrons. The van der Waals surface area contributed by atoms with Crippen LogP contribution in [-0.4, -0.2) is 42.3 Å². The summed E-state index contributed by atoms with van der Waals surface area (Å²) < 4.78 is 34.0. The molecule has 0 aliphatic rings. The number of nitrogens with one attached hydrogen (secondary N) is 1. The Balaban J connectivity index is 1.84. The highest BCUT2D eigenvalue weighted by Gasteiger charge is 2.21. The van der Waals surface area contributed by atoms with Crippen LogP contribution in [0.3, 0.4) is 0 Å². The summed E-state index contributed by atoms with van der Waals surface area (Å²) >= 11 is 0.659. The molecule has 0 aliphatic carbocycles. The summed E-state index contributed by atoms with van der Waals surface area (Å²) in [6.45, 7) is 1.45. The number of methoxy groups -OCH3 is 1. The Bertz CT molecular complexity index is 1400. The van der Waals surface area contributed by atoms with Gasteiger partial charge in [0.2, 0.25) is 19.3 Å². The normalized spacial score (nSPS) is 11.6. The van der Waals surface area contributed by atoms with E-state index in [1.807, 2.05) is 0 Å². The SMILES string of the molecule is CCS(=O)(=O)c1nnc(NC(=O)/C(C#N)=C\c2ccc(-c3ccc(OC)cc3[N+](=O)[O-])o2)s1. The van der Waals surface area contributed by atoms with E-state index in [0.29, 0.717) is 17.1 Å². The molecule has 0 fully saturated rings. The van der Waals surface area contributed by atoms with E-state index >= 15 is 0 Å². The van der Waals surface area contributed by atoms with Crippen molar-refractivity contribution >= 4 is 44.0 Å². The summed E-state index contributed by atoms with van der Waals surface area (Å²) in [7, 11) is -2.20. The molecule has 0 spiro atoms. The average molecular weight is 489 g/mol. The van der Waals surface area contributed by atoms with Gasteiger partial charge in [0.05, 0.1) is 29.4 Å². The fraction of sp³-hybridized carbons (Fsp3) is 0.158. The Morgan fingerprint density at radius 1 is 1.36 bits per heavy atom. The molecule has 3 aromatic rings. The second-order valence-electron chi connectivity index (χ2n) is 6.24. The number of hydrogen-bond acceptors (Lipinski definition) is 11. The molecular formula is C19H15N5O7S2. The first kappa shape index (κ1) is 23.6. The summed E-state index contributed by atoms with van der Waals surface area (Å²) in [6, 6.07) is 8.84. The second-order valence-corrected chi connectivity index (χ2v) is 9.67. The van der Waals surface area contributed by atoms with E-state index in [4.69, 9.17) is 9.15 Å². The third-order valence-corrected chi connectivity index (χ3v) is 7.24. The van der Waals surface area contributed by atoms with Crippen molar-refractivity contribution in [2.45, 2.75) is 11.3 Å². The lowest BCUT2D eigenvalue weighted by atomic mass is 10.1. The minimum absolute atomic E-state index is 0.0910. The zero-order chi connectivity index (χ0) is 24.2. The van der Waals surface area contributed by atoms with Crippen LogP contribution in [0.1, 0.15) is 12.7 Å². The molecule has 0 atom stereocenters. The first-order valence-electron chi connectivity index (χ1n) is 9.10. The lowest BCUT2D eigenvalue weighted by Gasteiger charge is -2.03. The molecule has 1 N–H and O–H groups in total. The van der Waals surface area contributed by atoms with E-state index in [-0.39, 0.29) is 43.6 Å². The third kappa shape index (κ3) is 5.22. The van der Waals surface area contributed by atoms with Crippen molar-refractivity contribution < 1.29 is 27.3 Å². The fourth-order valence-electron chi connectivity index (χ4n) is 2.54. The number of sulfone groups is 1. The average Bonchev–Trinajstić information content (AvgIpc) is 3.47. The minimum Gasteiger partial charge on any atom is -0.497 e. The van der Waals surface area contributed by atoms with Crippen molar-refractivity contribution in [3.8, 4) is 23.1 Å². The van der Waals surface area contributed by atoms with Crippen LogP contribution in [0.5, 0.6) is 5.75 Å². The molecule has 14 heteroatoms. The molecule has 12 nitrogen and oxygen atoms in total. The number of anilines is 1. The summed E-state index contributed by atoms with van der Waals surface area (Å²) in [5, 5.41) is 30.1. The predicted molar refractivity (Wildman–Crippen MR) is 117 cm³/mol. The molecule has 2 aromatic heterocycles. The van der Waals surface area contributed by atoms with Gasteiger partial charge < -0.3 is 9.15 Å². The molecule has 0 radical (unpaired) electrons. The zero-order valence-corrected chi connectivity index (χ0v) is 18.8. The van der Waals surface area contributed by atoms with Gasteiger partial charge in [-0.1, -0.05) is 18.3 Å². The first-order valence-corrected chi connectivity index (χ1v) is 11.6. The predicted octanol–water partition coefficient (Wildman–Crippen LogP) is 3.05. The second kappa shape index (κ2) is 9.59. The maximum absolute atomic E-state index is 12.4. The van der Waals surface area contributed by atoms with Crippen molar-refractivity contribution in [3.05, 3.63) is 51.8 Å². The molecule has 0 saturated heterocycles. The van der Waals surface area contributed by atoms with Gasteiger partial charge in [-0.25, -0.2) is 8.42 Å². The van der Waals surface area contributed by atoms with Crippen LogP contribution in [0, 0.1) is 21.4 Å². The highest BCUT2D eigenvalue weighted by atomic mass is 32.2. The van der Waals surface area contributed by atoms with Crippen LogP contribution in [0.4, 0.5) is 10.8 Å². The van der Waals surface area contributed by atoms with E-state index < -0.39 is 20.7 Å². The fourth-order valence-corrected chi connectivity index (χ4v) is 4.52. The summed E-state index contributed by atoms with van der Waals surface area (Å²) in [6.07, 6.45) is 1.14. The van der Waals surface area contributed by atoms with E-state index in [2.05, 4.69) is 15.5 Å². The lowest BCUT2D eigenvalue weighted by molar-refractivity contribution is -0.384. The Hall–Kier alpha value is -4.09. The largest absolute Gasteiger partial charge is 0.497 e. The number of furan rings is 1. The number of ether oxygens (including phenoxy) is 1. The van der Waals surface area contributed by atoms with Gasteiger partial charge in [-0.2, -0.15) is 5.26 Å². The van der Waals surface area contributed by atoms with Gasteiger partial charge in [0.25, 0.3) is 11.6 Å². The molecule has 33 heavy (non-hydrogen) atoms. The van der Waals surface area contributed by atoms with E-state index in [9.17, 15) is 28.6 Å². The topological polar surface area (TPSA) is 178 Å². The monoisotopic (exact) mass is 489 g/mol. The number of hydrogen-bond donors (Lipinski definition) is 1. The number of carbonyl (C=O) groups excluding carboxylic acids is 1. The van der Waals surface area contributed by atoms with Crippen LogP contribution in [0.25, 0.3) is 17.4 Å². The van der Waals surface area contributed by atoms with E-state index in [1.54, 1.807) is 6.07 Å². The van der Waals surface area contributed by atoms with Gasteiger partial charge in [0.15, 0.2) is 0 Å². The highest BCUT2D eigenvalue weighted by molar-refractivity contribution is 7.93. The molecule has 2 heterocycles. The molecule has 1 amide bonds. The number of rotatable bonds is 8. The number of nitro benzene ring substituents is 1. The molecule has 3 rings (SSSR count). The number of nitrogens with zero attached hydrogens (tertiary/aromatic N) is 4. The Kier molecular flexibility index (Phi) is 6.85. The molecule has 0 aliphatic heterocycles. The summed E-state index contributed by atoms with van der Waals surface area (Å²) in [5.74, 6) is -0.499. The number of aromatic nitrogens is 2. The van der Waals surface area contributed by atoms with Crippen molar-refractivity contribution in [2.24, 2.45) is 0 Å². The smallest absolute Gasteiger partial charge is 0.284 e. The van der Waals surface area contributed by atoms with Gasteiger partial charge in [0.1, 0.15) is 28.9 Å². The molecule has 0 bridgehead atoms. The van der Waals surface area contributed by atoms with Crippen molar-refractivity contribution in [3.63, 3.8) is 0 Å². The number of carbonyl (C=O) groups is 1. The van der Waals surface area contributed by atoms with Crippen molar-refractivity contribution in [1.82, 2.24) is 10.2 Å². The van der Waals surface area contributed by atoms with Gasteiger partial charge in [0, 0.05) is 6.08 Å². The van der Waals surface area contributed by atoms with Crippen LogP contribution >= 0.6 is 11.3 Å². The van der Waals surface area contributed by atoms with Gasteiger partial charge >= 0.3 is 0 Å². The van der Waals surface area contributed by atoms with E-state index in [0.717, 1.165) is 6.08 Å². The van der Waals surface area contributed by atoms with Crippen LogP contribution in [0.15, 0.2) is 44.7 Å². The van der Waals surface area contributed by atoms with E-state index in [1.165, 1.54) is 44.4 Å². The Morgan fingerprint density at radius 3 is 2.76 bits per heavy atom. The molecule has 0 saturated carbocycles. The molecule has 0 unspecified atom stereocenters. The Labute approximate surface area is 191 Å². The third-order valence-electron chi connectivity index (χ3n) is 4.22. The quantitative estimate of drug-likeness (QED) is 0.162. The van der Waals surface area contributed by atoms with Gasteiger partial charge in [-0.15, -0.1) is 10.2 Å². The highest BCUT2D eigenvalue weighted by Crippen LogP contribution is 2.34. The lowest BCUT2D eigenvalue weighted by Crippen LogP contribution is -2.13. The zero-order valence-electron chi connectivity index (χ0n) is 17.1. The molecule has 1 aromatic carbocycles. The first-order chi connectivity index (χ1) is 15.7. The Morgan fingerprint density at radius 2 is 2.12 bits per heavy atom. The summed E-state index contributed by atoms with van der Waals surface area (Å²) in [5.41, 5.74) is -0.427. The maximum atomic E-state index is 12.4. The van der Waals surface area contributed by atoms with Crippen LogP contribution < -0.4 is 10.1 Å². The van der Waals surface area contributed by atoms with Gasteiger partial charge in [-0.05, 0) is 24.3 Å². The number of benzene rings is 1. The molecular weight excluding hydrogens is 474 g/mol.